The van der Waals surface area contributed by atoms with Crippen molar-refractivity contribution in [3.05, 3.63) is 65.5 Å². The van der Waals surface area contributed by atoms with E-state index in [9.17, 15) is 4.79 Å². The van der Waals surface area contributed by atoms with Crippen molar-refractivity contribution in [2.75, 3.05) is 0 Å². The molecule has 1 fully saturated rings. The zero-order valence-electron chi connectivity index (χ0n) is 12.1. The van der Waals surface area contributed by atoms with E-state index < -0.39 is 5.41 Å². The van der Waals surface area contributed by atoms with Gasteiger partial charge < -0.3 is 0 Å². The molecule has 1 aliphatic carbocycles. The van der Waals surface area contributed by atoms with Gasteiger partial charge in [-0.05, 0) is 66.5 Å². The van der Waals surface area contributed by atoms with Crippen LogP contribution in [0.5, 0.6) is 0 Å². The first-order valence-corrected chi connectivity index (χ1v) is 7.67. The first-order valence-electron chi connectivity index (χ1n) is 7.29. The maximum absolute atomic E-state index is 12.0. The molecule has 3 heteroatoms. The molecule has 1 atom stereocenters. The summed E-state index contributed by atoms with van der Waals surface area (Å²) >= 11 is 5.92. The van der Waals surface area contributed by atoms with Crippen molar-refractivity contribution in [2.45, 2.75) is 37.5 Å². The minimum absolute atomic E-state index is 0.328. The van der Waals surface area contributed by atoms with Gasteiger partial charge in [-0.2, -0.15) is 0 Å². The van der Waals surface area contributed by atoms with Crippen molar-refractivity contribution < 1.29 is 4.79 Å². The fourth-order valence-corrected chi connectivity index (χ4v) is 2.91. The first kappa shape index (κ1) is 14.3. The predicted octanol–water partition coefficient (Wildman–Crippen LogP) is 4.22. The number of rotatable bonds is 5. The molecule has 0 aliphatic heterocycles. The molecule has 1 aromatic heterocycles. The van der Waals surface area contributed by atoms with Gasteiger partial charge in [0.15, 0.2) is 0 Å². The van der Waals surface area contributed by atoms with Crippen molar-refractivity contribution in [1.29, 1.82) is 0 Å². The van der Waals surface area contributed by atoms with Crippen LogP contribution in [-0.4, -0.2) is 10.2 Å². The molecule has 21 heavy (non-hydrogen) atoms. The Bertz CT molecular complexity index is 634. The highest BCUT2D eigenvalue weighted by Crippen LogP contribution is 2.41. The zero-order valence-corrected chi connectivity index (χ0v) is 12.8. The normalized spacial score (nSPS) is 17.2. The molecule has 108 valence electrons. The Balaban J connectivity index is 1.90. The molecule has 0 spiro atoms. The Morgan fingerprint density at radius 3 is 2.52 bits per heavy atom. The number of aromatic nitrogens is 1. The summed E-state index contributed by atoms with van der Waals surface area (Å²) < 4.78 is 0. The average Bonchev–Trinajstić information content (AvgIpc) is 3.33. The lowest BCUT2D eigenvalue weighted by Crippen LogP contribution is -2.31. The van der Waals surface area contributed by atoms with Gasteiger partial charge in [0.2, 0.25) is 5.24 Å². The molecular weight excluding hydrogens is 282 g/mol. The number of pyridine rings is 1. The summed E-state index contributed by atoms with van der Waals surface area (Å²) in [6.07, 6.45) is 6.64. The van der Waals surface area contributed by atoms with Crippen LogP contribution in [0, 0.1) is 0 Å². The summed E-state index contributed by atoms with van der Waals surface area (Å²) in [4.78, 5) is 16.2. The van der Waals surface area contributed by atoms with E-state index in [2.05, 4.69) is 17.1 Å². The van der Waals surface area contributed by atoms with E-state index in [-0.39, 0.29) is 5.24 Å². The lowest BCUT2D eigenvalue weighted by Gasteiger charge is -2.26. The summed E-state index contributed by atoms with van der Waals surface area (Å²) in [7, 11) is 0. The predicted molar refractivity (Wildman–Crippen MR) is 84.6 cm³/mol. The Labute approximate surface area is 130 Å². The summed E-state index contributed by atoms with van der Waals surface area (Å²) in [6.45, 7) is 1.90. The first-order chi connectivity index (χ1) is 10.1. The molecule has 0 saturated heterocycles. The second-order valence-corrected chi connectivity index (χ2v) is 6.38. The van der Waals surface area contributed by atoms with Gasteiger partial charge in [0, 0.05) is 12.4 Å². The van der Waals surface area contributed by atoms with Gasteiger partial charge in [-0.3, -0.25) is 9.78 Å². The van der Waals surface area contributed by atoms with E-state index in [0.717, 1.165) is 17.0 Å². The Morgan fingerprint density at radius 1 is 1.29 bits per heavy atom. The topological polar surface area (TPSA) is 30.0 Å². The molecule has 2 aromatic rings. The van der Waals surface area contributed by atoms with E-state index in [1.807, 2.05) is 31.2 Å². The molecule has 1 unspecified atom stereocenters. The SMILES string of the molecule is CC(Cc1cccnc1)(C(=O)Cl)c1ccc(C2CC2)cc1. The molecule has 0 N–H and O–H groups in total. The number of nitrogens with zero attached hydrogens (tertiary/aromatic N) is 1. The highest BCUT2D eigenvalue weighted by atomic mass is 35.5. The van der Waals surface area contributed by atoms with Gasteiger partial charge in [0.1, 0.15) is 0 Å². The van der Waals surface area contributed by atoms with Gasteiger partial charge in [-0.1, -0.05) is 30.3 Å². The monoisotopic (exact) mass is 299 g/mol. The molecule has 2 nitrogen and oxygen atoms in total. The molecule has 1 saturated carbocycles. The van der Waals surface area contributed by atoms with E-state index in [1.54, 1.807) is 12.4 Å². The van der Waals surface area contributed by atoms with Gasteiger partial charge >= 0.3 is 0 Å². The van der Waals surface area contributed by atoms with E-state index in [4.69, 9.17) is 11.6 Å². The third kappa shape index (κ3) is 3.01. The van der Waals surface area contributed by atoms with Gasteiger partial charge in [-0.15, -0.1) is 0 Å². The minimum atomic E-state index is -0.716. The Hall–Kier alpha value is -1.67. The highest BCUT2D eigenvalue weighted by Gasteiger charge is 2.34. The van der Waals surface area contributed by atoms with Crippen LogP contribution < -0.4 is 0 Å². The number of hydrogen-bond donors (Lipinski definition) is 0. The number of carbonyl (C=O) groups is 1. The van der Waals surface area contributed by atoms with Crippen molar-refractivity contribution >= 4 is 16.8 Å². The van der Waals surface area contributed by atoms with E-state index in [1.165, 1.54) is 18.4 Å². The zero-order chi connectivity index (χ0) is 14.9. The summed E-state index contributed by atoms with van der Waals surface area (Å²) in [5.74, 6) is 0.718. The maximum atomic E-state index is 12.0. The largest absolute Gasteiger partial charge is 0.280 e. The summed E-state index contributed by atoms with van der Waals surface area (Å²) in [5.41, 5.74) is 2.63. The second kappa shape index (κ2) is 5.61. The fourth-order valence-electron chi connectivity index (χ4n) is 2.74. The minimum Gasteiger partial charge on any atom is -0.280 e. The lowest BCUT2D eigenvalue weighted by atomic mass is 9.78. The van der Waals surface area contributed by atoms with Gasteiger partial charge in [0.05, 0.1) is 5.41 Å². The lowest BCUT2D eigenvalue weighted by molar-refractivity contribution is -0.116. The number of hydrogen-bond acceptors (Lipinski definition) is 2. The molecule has 1 aliphatic rings. The van der Waals surface area contributed by atoms with E-state index in [0.29, 0.717) is 6.42 Å². The van der Waals surface area contributed by atoms with Crippen molar-refractivity contribution in [3.8, 4) is 0 Å². The summed E-state index contributed by atoms with van der Waals surface area (Å²) in [6, 6.07) is 12.2. The molecule has 1 heterocycles. The fraction of sp³-hybridized carbons (Fsp3) is 0.333. The summed E-state index contributed by atoms with van der Waals surface area (Å²) in [5, 5.41) is -0.328. The van der Waals surface area contributed by atoms with Crippen LogP contribution in [0.4, 0.5) is 0 Å². The van der Waals surface area contributed by atoms with Crippen LogP contribution in [0.3, 0.4) is 0 Å². The van der Waals surface area contributed by atoms with Crippen molar-refractivity contribution in [1.82, 2.24) is 4.98 Å². The molecule has 3 rings (SSSR count). The van der Waals surface area contributed by atoms with Crippen LogP contribution in [0.2, 0.25) is 0 Å². The van der Waals surface area contributed by atoms with Crippen LogP contribution in [-0.2, 0) is 16.6 Å². The molecule has 1 aromatic carbocycles. The van der Waals surface area contributed by atoms with Crippen molar-refractivity contribution in [3.63, 3.8) is 0 Å². The second-order valence-electron chi connectivity index (χ2n) is 6.04. The third-order valence-electron chi connectivity index (χ3n) is 4.31. The highest BCUT2D eigenvalue weighted by molar-refractivity contribution is 6.65. The third-order valence-corrected chi connectivity index (χ3v) is 4.73. The van der Waals surface area contributed by atoms with Gasteiger partial charge in [0.25, 0.3) is 0 Å². The van der Waals surface area contributed by atoms with Crippen LogP contribution in [0.1, 0.15) is 42.4 Å². The smallest absolute Gasteiger partial charge is 0.232 e. The standard InChI is InChI=1S/C18H18ClNO/c1-18(17(19)21,11-13-3-2-10-20-12-13)16-8-6-15(7-9-16)14-4-5-14/h2-3,6-10,12,14H,4-5,11H2,1H3. The van der Waals surface area contributed by atoms with E-state index >= 15 is 0 Å². The number of benzene rings is 1. The van der Waals surface area contributed by atoms with Crippen LogP contribution in [0.15, 0.2) is 48.8 Å². The van der Waals surface area contributed by atoms with Crippen LogP contribution in [0.25, 0.3) is 0 Å². The molecule has 0 bridgehead atoms. The van der Waals surface area contributed by atoms with Crippen LogP contribution >= 0.6 is 11.6 Å². The Kier molecular flexibility index (Phi) is 3.81. The van der Waals surface area contributed by atoms with Crippen molar-refractivity contribution in [2.24, 2.45) is 0 Å². The Morgan fingerprint density at radius 2 is 2.00 bits per heavy atom. The average molecular weight is 300 g/mol. The maximum Gasteiger partial charge on any atom is 0.232 e. The molecular formula is C18H18ClNO. The molecule has 0 amide bonds. The number of carbonyl (C=O) groups excluding carboxylic acids is 1. The quantitative estimate of drug-likeness (QED) is 0.774. The molecule has 0 radical (unpaired) electrons. The number of halogens is 1. The van der Waals surface area contributed by atoms with Gasteiger partial charge in [-0.25, -0.2) is 0 Å².